The first-order chi connectivity index (χ1) is 5.79. The summed E-state index contributed by atoms with van der Waals surface area (Å²) in [6.45, 7) is 2.00. The van der Waals surface area contributed by atoms with Crippen LogP contribution in [0.25, 0.3) is 0 Å². The van der Waals surface area contributed by atoms with Gasteiger partial charge in [0.25, 0.3) is 0 Å². The molecule has 0 heterocycles. The van der Waals surface area contributed by atoms with Crippen molar-refractivity contribution in [3.63, 3.8) is 0 Å². The van der Waals surface area contributed by atoms with Crippen molar-refractivity contribution in [2.45, 2.75) is 13.3 Å². The minimum atomic E-state index is -0.306. The molecule has 1 aromatic carbocycles. The first kappa shape index (κ1) is 9.04. The van der Waals surface area contributed by atoms with Crippen LogP contribution in [-0.2, 0) is 0 Å². The lowest BCUT2D eigenvalue weighted by Gasteiger charge is -2.07. The zero-order chi connectivity index (χ0) is 8.97. The first-order valence-electron chi connectivity index (χ1n) is 3.95. The van der Waals surface area contributed by atoms with Gasteiger partial charge in [0.2, 0.25) is 0 Å². The van der Waals surface area contributed by atoms with Gasteiger partial charge in [-0.15, -0.1) is 0 Å². The Kier molecular flexibility index (Phi) is 3.09. The molecule has 12 heavy (non-hydrogen) atoms. The summed E-state index contributed by atoms with van der Waals surface area (Å²) in [4.78, 5) is 0. The van der Waals surface area contributed by atoms with Gasteiger partial charge >= 0.3 is 0 Å². The van der Waals surface area contributed by atoms with Crippen LogP contribution in [0.15, 0.2) is 18.2 Å². The molecule has 0 aliphatic heterocycles. The maximum atomic E-state index is 13.0. The molecule has 0 N–H and O–H groups in total. The van der Waals surface area contributed by atoms with Crippen LogP contribution in [0.3, 0.4) is 0 Å². The lowest BCUT2D eigenvalue weighted by atomic mass is 10.1. The van der Waals surface area contributed by atoms with Crippen LogP contribution < -0.4 is 4.74 Å². The molecule has 0 saturated carbocycles. The van der Waals surface area contributed by atoms with Gasteiger partial charge in [-0.25, -0.2) is 4.39 Å². The molecule has 0 amide bonds. The molecule has 1 rings (SSSR count). The van der Waals surface area contributed by atoms with E-state index in [4.69, 9.17) is 4.74 Å². The van der Waals surface area contributed by atoms with E-state index in [1.165, 1.54) is 13.2 Å². The quantitative estimate of drug-likeness (QED) is 0.672. The summed E-state index contributed by atoms with van der Waals surface area (Å²) in [6, 6.07) is 4.91. The average Bonchev–Trinajstić information content (AvgIpc) is 2.05. The Balaban J connectivity index is 3.00. The first-order valence-corrected chi connectivity index (χ1v) is 3.95. The molecular weight excluding hydrogens is 155 g/mol. The number of rotatable bonds is 3. The van der Waals surface area contributed by atoms with Crippen molar-refractivity contribution in [3.05, 3.63) is 36.0 Å². The van der Waals surface area contributed by atoms with Crippen molar-refractivity contribution in [2.24, 2.45) is 0 Å². The second-order valence-electron chi connectivity index (χ2n) is 2.47. The smallest absolute Gasteiger partial charge is 0.165 e. The molecule has 0 saturated heterocycles. The summed E-state index contributed by atoms with van der Waals surface area (Å²) in [6.07, 6.45) is 2.81. The van der Waals surface area contributed by atoms with Crippen molar-refractivity contribution >= 4 is 0 Å². The minimum absolute atomic E-state index is 0.306. The van der Waals surface area contributed by atoms with Crippen LogP contribution in [0.2, 0.25) is 0 Å². The molecule has 0 aromatic heterocycles. The van der Waals surface area contributed by atoms with E-state index in [2.05, 4.69) is 0 Å². The Morgan fingerprint density at radius 1 is 1.50 bits per heavy atom. The Morgan fingerprint density at radius 2 is 2.25 bits per heavy atom. The fourth-order valence-electron chi connectivity index (χ4n) is 1.12. The lowest BCUT2D eigenvalue weighted by molar-refractivity contribution is 0.384. The minimum Gasteiger partial charge on any atom is -0.493 e. The van der Waals surface area contributed by atoms with Crippen LogP contribution in [0.5, 0.6) is 5.75 Å². The highest BCUT2D eigenvalue weighted by Gasteiger charge is 2.06. The molecule has 1 aromatic rings. The zero-order valence-electron chi connectivity index (χ0n) is 7.30. The monoisotopic (exact) mass is 167 g/mol. The summed E-state index contributed by atoms with van der Waals surface area (Å²) in [5, 5.41) is 0. The van der Waals surface area contributed by atoms with Crippen LogP contribution >= 0.6 is 0 Å². The highest BCUT2D eigenvalue weighted by Crippen LogP contribution is 2.23. The lowest BCUT2D eigenvalue weighted by Crippen LogP contribution is -1.93. The van der Waals surface area contributed by atoms with Crippen molar-refractivity contribution in [2.75, 3.05) is 7.11 Å². The number of hydrogen-bond acceptors (Lipinski definition) is 1. The number of ether oxygens (including phenoxy) is 1. The van der Waals surface area contributed by atoms with E-state index in [0.717, 1.165) is 12.0 Å². The van der Waals surface area contributed by atoms with Gasteiger partial charge in [-0.3, -0.25) is 0 Å². The summed E-state index contributed by atoms with van der Waals surface area (Å²) in [7, 11) is 1.48. The number of hydrogen-bond donors (Lipinski definition) is 0. The van der Waals surface area contributed by atoms with E-state index in [9.17, 15) is 4.39 Å². The number of halogens is 1. The standard InChI is InChI=1S/C10H12FO/c1-3-5-8-6-4-7-9(11)10(8)12-2/h4-7H,3H2,1-2H3. The van der Waals surface area contributed by atoms with Crippen LogP contribution in [0.4, 0.5) is 4.39 Å². The Morgan fingerprint density at radius 3 is 2.83 bits per heavy atom. The third-order valence-electron chi connectivity index (χ3n) is 1.63. The molecule has 0 aliphatic carbocycles. The zero-order valence-corrected chi connectivity index (χ0v) is 7.30. The van der Waals surface area contributed by atoms with E-state index in [1.807, 2.05) is 19.4 Å². The van der Waals surface area contributed by atoms with Gasteiger partial charge in [0.15, 0.2) is 11.6 Å². The fourth-order valence-corrected chi connectivity index (χ4v) is 1.12. The van der Waals surface area contributed by atoms with E-state index < -0.39 is 0 Å². The van der Waals surface area contributed by atoms with Gasteiger partial charge in [-0.05, 0) is 18.9 Å². The summed E-state index contributed by atoms with van der Waals surface area (Å²) in [5.74, 6) is 0.0269. The predicted octanol–water partition coefficient (Wildman–Crippen LogP) is 2.80. The highest BCUT2D eigenvalue weighted by atomic mass is 19.1. The molecule has 0 aliphatic rings. The van der Waals surface area contributed by atoms with E-state index >= 15 is 0 Å². The molecule has 2 heteroatoms. The van der Waals surface area contributed by atoms with Crippen LogP contribution in [0, 0.1) is 12.2 Å². The molecule has 1 radical (unpaired) electrons. The van der Waals surface area contributed by atoms with Gasteiger partial charge < -0.3 is 4.74 Å². The molecule has 1 nitrogen and oxygen atoms in total. The van der Waals surface area contributed by atoms with Crippen molar-refractivity contribution in [3.8, 4) is 5.75 Å². The Hall–Kier alpha value is -1.05. The van der Waals surface area contributed by atoms with Crippen molar-refractivity contribution in [1.82, 2.24) is 0 Å². The molecular formula is C10H12FO. The van der Waals surface area contributed by atoms with Gasteiger partial charge in [0.05, 0.1) is 7.11 Å². The Bertz CT molecular complexity index is 258. The van der Waals surface area contributed by atoms with Crippen molar-refractivity contribution in [1.29, 1.82) is 0 Å². The fraction of sp³-hybridized carbons (Fsp3) is 0.300. The topological polar surface area (TPSA) is 9.23 Å². The number of methoxy groups -OCH3 is 1. The SMILES string of the molecule is CC[CH]c1cccc(F)c1OC. The van der Waals surface area contributed by atoms with Gasteiger partial charge in [-0.1, -0.05) is 19.1 Å². The highest BCUT2D eigenvalue weighted by molar-refractivity contribution is 5.39. The van der Waals surface area contributed by atoms with Crippen LogP contribution in [-0.4, -0.2) is 7.11 Å². The summed E-state index contributed by atoms with van der Waals surface area (Å²) < 4.78 is 18.0. The van der Waals surface area contributed by atoms with Crippen molar-refractivity contribution < 1.29 is 9.13 Å². The van der Waals surface area contributed by atoms with Gasteiger partial charge in [0, 0.05) is 5.56 Å². The molecule has 0 unspecified atom stereocenters. The van der Waals surface area contributed by atoms with Crippen LogP contribution in [0.1, 0.15) is 18.9 Å². The van der Waals surface area contributed by atoms with E-state index in [-0.39, 0.29) is 5.82 Å². The number of benzene rings is 1. The third kappa shape index (κ3) is 1.76. The van der Waals surface area contributed by atoms with E-state index in [1.54, 1.807) is 6.07 Å². The maximum Gasteiger partial charge on any atom is 0.165 e. The summed E-state index contributed by atoms with van der Waals surface area (Å²) >= 11 is 0. The predicted molar refractivity (Wildman–Crippen MR) is 46.6 cm³/mol. The molecule has 0 fully saturated rings. The third-order valence-corrected chi connectivity index (χ3v) is 1.63. The molecule has 65 valence electrons. The largest absolute Gasteiger partial charge is 0.493 e. The van der Waals surface area contributed by atoms with E-state index in [0.29, 0.717) is 5.75 Å². The average molecular weight is 167 g/mol. The molecule has 0 bridgehead atoms. The normalized spacial score (nSPS) is 9.92. The summed E-state index contributed by atoms with van der Waals surface area (Å²) in [5.41, 5.74) is 0.819. The van der Waals surface area contributed by atoms with Gasteiger partial charge in [0.1, 0.15) is 0 Å². The number of para-hydroxylation sites is 1. The second kappa shape index (κ2) is 4.10. The molecule has 0 spiro atoms. The van der Waals surface area contributed by atoms with Gasteiger partial charge in [-0.2, -0.15) is 0 Å². The maximum absolute atomic E-state index is 13.0. The second-order valence-corrected chi connectivity index (χ2v) is 2.47. The molecule has 0 atom stereocenters. The Labute approximate surface area is 72.2 Å².